The number of rotatable bonds is 2. The molecule has 0 aromatic carbocycles. The van der Waals surface area contributed by atoms with E-state index in [-0.39, 0.29) is 0 Å². The molecule has 10 heavy (non-hydrogen) atoms. The molecular formula is C7H12OS2. The van der Waals surface area contributed by atoms with Gasteiger partial charge in [0.15, 0.2) is 0 Å². The van der Waals surface area contributed by atoms with E-state index in [9.17, 15) is 4.79 Å². The standard InChI is InChI=1S/C7H12OS2/c1-6(8)4-7-5-9-2-3-10-7/h7H,2-5H2,1H3. The highest BCUT2D eigenvalue weighted by Gasteiger charge is 2.15. The Morgan fingerprint density at radius 3 is 2.90 bits per heavy atom. The van der Waals surface area contributed by atoms with Crippen LogP contribution in [-0.4, -0.2) is 28.3 Å². The van der Waals surface area contributed by atoms with Crippen LogP contribution in [0.25, 0.3) is 0 Å². The van der Waals surface area contributed by atoms with Crippen LogP contribution in [0.15, 0.2) is 0 Å². The van der Waals surface area contributed by atoms with E-state index in [4.69, 9.17) is 0 Å². The maximum Gasteiger partial charge on any atom is 0.130 e. The zero-order valence-corrected chi connectivity index (χ0v) is 7.76. The Hall–Kier alpha value is 0.370. The number of ketones is 1. The fourth-order valence-electron chi connectivity index (χ4n) is 0.975. The monoisotopic (exact) mass is 176 g/mol. The Balaban J connectivity index is 2.19. The first-order valence-corrected chi connectivity index (χ1v) is 5.68. The molecule has 0 saturated carbocycles. The van der Waals surface area contributed by atoms with Crippen LogP contribution in [0.1, 0.15) is 13.3 Å². The van der Waals surface area contributed by atoms with Crippen molar-refractivity contribution in [1.82, 2.24) is 0 Å². The van der Waals surface area contributed by atoms with Crippen molar-refractivity contribution in [1.29, 1.82) is 0 Å². The van der Waals surface area contributed by atoms with Crippen molar-refractivity contribution in [3.05, 3.63) is 0 Å². The van der Waals surface area contributed by atoms with Gasteiger partial charge in [0, 0.05) is 28.9 Å². The summed E-state index contributed by atoms with van der Waals surface area (Å²) in [5.41, 5.74) is 0. The van der Waals surface area contributed by atoms with Crippen LogP contribution in [0.5, 0.6) is 0 Å². The van der Waals surface area contributed by atoms with E-state index in [1.165, 1.54) is 17.3 Å². The zero-order chi connectivity index (χ0) is 7.40. The first kappa shape index (κ1) is 8.47. The van der Waals surface area contributed by atoms with E-state index in [1.807, 2.05) is 23.5 Å². The molecule has 1 unspecified atom stereocenters. The molecule has 58 valence electrons. The molecule has 0 amide bonds. The van der Waals surface area contributed by atoms with E-state index in [1.54, 1.807) is 6.92 Å². The van der Waals surface area contributed by atoms with Crippen LogP contribution in [0, 0.1) is 0 Å². The Kier molecular flexibility index (Phi) is 3.63. The molecule has 0 aliphatic carbocycles. The number of thioether (sulfide) groups is 2. The summed E-state index contributed by atoms with van der Waals surface area (Å²) in [4.78, 5) is 10.7. The molecule has 1 saturated heterocycles. The minimum atomic E-state index is 0.333. The molecule has 0 radical (unpaired) electrons. The summed E-state index contributed by atoms with van der Waals surface area (Å²) in [6, 6.07) is 0. The van der Waals surface area contributed by atoms with Crippen molar-refractivity contribution in [3.8, 4) is 0 Å². The summed E-state index contributed by atoms with van der Waals surface area (Å²) in [5.74, 6) is 3.99. The molecule has 1 heterocycles. The third-order valence-electron chi connectivity index (χ3n) is 1.40. The van der Waals surface area contributed by atoms with Gasteiger partial charge < -0.3 is 0 Å². The fraction of sp³-hybridized carbons (Fsp3) is 0.857. The maximum atomic E-state index is 10.7. The number of Topliss-reactive ketones (excluding diaryl/α,β-unsaturated/α-hetero) is 1. The van der Waals surface area contributed by atoms with Gasteiger partial charge in [-0.15, -0.1) is 0 Å². The number of carbonyl (C=O) groups is 1. The molecular weight excluding hydrogens is 164 g/mol. The van der Waals surface area contributed by atoms with Crippen molar-refractivity contribution < 1.29 is 4.79 Å². The van der Waals surface area contributed by atoms with Gasteiger partial charge in [-0.3, -0.25) is 4.79 Å². The zero-order valence-electron chi connectivity index (χ0n) is 6.13. The fourth-order valence-corrected chi connectivity index (χ4v) is 3.74. The van der Waals surface area contributed by atoms with Crippen LogP contribution in [0.3, 0.4) is 0 Å². The summed E-state index contributed by atoms with van der Waals surface area (Å²) in [7, 11) is 0. The normalized spacial score (nSPS) is 26.3. The van der Waals surface area contributed by atoms with Gasteiger partial charge in [0.1, 0.15) is 5.78 Å². The molecule has 1 rings (SSSR count). The van der Waals surface area contributed by atoms with E-state index in [0.29, 0.717) is 11.0 Å². The van der Waals surface area contributed by atoms with Crippen LogP contribution >= 0.6 is 23.5 Å². The molecule has 0 aromatic rings. The van der Waals surface area contributed by atoms with E-state index in [2.05, 4.69) is 0 Å². The van der Waals surface area contributed by atoms with E-state index in [0.717, 1.165) is 6.42 Å². The first-order chi connectivity index (χ1) is 4.79. The van der Waals surface area contributed by atoms with Gasteiger partial charge in [-0.05, 0) is 6.92 Å². The van der Waals surface area contributed by atoms with Crippen LogP contribution in [0.4, 0.5) is 0 Å². The van der Waals surface area contributed by atoms with Gasteiger partial charge in [0.25, 0.3) is 0 Å². The van der Waals surface area contributed by atoms with Crippen LogP contribution < -0.4 is 0 Å². The molecule has 1 aliphatic rings. The van der Waals surface area contributed by atoms with Gasteiger partial charge in [-0.2, -0.15) is 23.5 Å². The number of hydrogen-bond donors (Lipinski definition) is 0. The largest absolute Gasteiger partial charge is 0.300 e. The topological polar surface area (TPSA) is 17.1 Å². The minimum Gasteiger partial charge on any atom is -0.300 e. The maximum absolute atomic E-state index is 10.7. The minimum absolute atomic E-state index is 0.333. The highest BCUT2D eigenvalue weighted by molar-refractivity contribution is 8.06. The second kappa shape index (κ2) is 4.29. The second-order valence-electron chi connectivity index (χ2n) is 2.47. The Morgan fingerprint density at radius 1 is 1.60 bits per heavy atom. The molecule has 0 N–H and O–H groups in total. The Labute approximate surface area is 70.3 Å². The predicted molar refractivity (Wildman–Crippen MR) is 48.9 cm³/mol. The van der Waals surface area contributed by atoms with Crippen molar-refractivity contribution in [2.75, 3.05) is 17.3 Å². The molecule has 0 bridgehead atoms. The second-order valence-corrected chi connectivity index (χ2v) is 5.03. The third kappa shape index (κ3) is 2.97. The number of hydrogen-bond acceptors (Lipinski definition) is 3. The third-order valence-corrected chi connectivity index (χ3v) is 4.24. The van der Waals surface area contributed by atoms with E-state index >= 15 is 0 Å². The molecule has 0 aromatic heterocycles. The molecule has 1 atom stereocenters. The van der Waals surface area contributed by atoms with Crippen LogP contribution in [0.2, 0.25) is 0 Å². The highest BCUT2D eigenvalue weighted by Crippen LogP contribution is 2.26. The lowest BCUT2D eigenvalue weighted by Crippen LogP contribution is -2.16. The molecule has 3 heteroatoms. The summed E-state index contributed by atoms with van der Waals surface area (Å²) in [5, 5.41) is 0.608. The molecule has 0 spiro atoms. The predicted octanol–water partition coefficient (Wildman–Crippen LogP) is 1.81. The van der Waals surface area contributed by atoms with Crippen molar-refractivity contribution in [3.63, 3.8) is 0 Å². The van der Waals surface area contributed by atoms with Crippen molar-refractivity contribution >= 4 is 29.3 Å². The lowest BCUT2D eigenvalue weighted by molar-refractivity contribution is -0.116. The summed E-state index contributed by atoms with van der Waals surface area (Å²) >= 11 is 3.92. The van der Waals surface area contributed by atoms with Gasteiger partial charge >= 0.3 is 0 Å². The van der Waals surface area contributed by atoms with Gasteiger partial charge in [0.2, 0.25) is 0 Å². The summed E-state index contributed by atoms with van der Waals surface area (Å²) in [6.07, 6.45) is 0.775. The van der Waals surface area contributed by atoms with Crippen molar-refractivity contribution in [2.24, 2.45) is 0 Å². The average molecular weight is 176 g/mol. The molecule has 1 nitrogen and oxygen atoms in total. The van der Waals surface area contributed by atoms with Crippen molar-refractivity contribution in [2.45, 2.75) is 18.6 Å². The van der Waals surface area contributed by atoms with Crippen LogP contribution in [-0.2, 0) is 4.79 Å². The van der Waals surface area contributed by atoms with Gasteiger partial charge in [-0.1, -0.05) is 0 Å². The summed E-state index contributed by atoms with van der Waals surface area (Å²) in [6.45, 7) is 1.68. The smallest absolute Gasteiger partial charge is 0.130 e. The quantitative estimate of drug-likeness (QED) is 0.639. The lowest BCUT2D eigenvalue weighted by atomic mass is 10.2. The number of carbonyl (C=O) groups excluding carboxylic acids is 1. The van der Waals surface area contributed by atoms with Gasteiger partial charge in [0.05, 0.1) is 0 Å². The summed E-state index contributed by atoms with van der Waals surface area (Å²) < 4.78 is 0. The van der Waals surface area contributed by atoms with E-state index < -0.39 is 0 Å². The molecule has 1 fully saturated rings. The Morgan fingerprint density at radius 2 is 2.40 bits per heavy atom. The highest BCUT2D eigenvalue weighted by atomic mass is 32.2. The SMILES string of the molecule is CC(=O)CC1CSCCS1. The average Bonchev–Trinajstić information content (AvgIpc) is 1.88. The molecule has 1 aliphatic heterocycles. The first-order valence-electron chi connectivity index (χ1n) is 3.48. The lowest BCUT2D eigenvalue weighted by Gasteiger charge is -2.19. The Bertz CT molecular complexity index is 119. The van der Waals surface area contributed by atoms with Gasteiger partial charge in [-0.25, -0.2) is 0 Å².